The standard InChI is InChI=1S/C45H82O14/c1-3-5-7-9-11-13-14-15-16-17-18-19-20-22-24-26-28-37(47)57-34(31-54-29-27-25-23-21-12-10-8-6-4-2)32-55-44-43(53)41(51)39(49)36(59-44)33-56-45-42(52)40(50)38(48)35(30-46)58-45/h13-14,16-17,34-36,38-46,48-53H,3-12,15,18-33H2,1-2H3/b14-13-,17-16-. The maximum Gasteiger partial charge on any atom is 0.306 e. The first-order chi connectivity index (χ1) is 28.6. The van der Waals surface area contributed by atoms with Crippen molar-refractivity contribution in [3.05, 3.63) is 24.3 Å². The van der Waals surface area contributed by atoms with Crippen molar-refractivity contribution in [1.82, 2.24) is 0 Å². The van der Waals surface area contributed by atoms with Gasteiger partial charge in [0.1, 0.15) is 54.9 Å². The number of unbranched alkanes of at least 4 members (excludes halogenated alkanes) is 17. The average molecular weight is 847 g/mol. The van der Waals surface area contributed by atoms with Crippen LogP contribution < -0.4 is 0 Å². The van der Waals surface area contributed by atoms with Crippen molar-refractivity contribution in [1.29, 1.82) is 0 Å². The van der Waals surface area contributed by atoms with E-state index >= 15 is 0 Å². The molecule has 0 aromatic rings. The van der Waals surface area contributed by atoms with Crippen molar-refractivity contribution in [3.8, 4) is 0 Å². The molecule has 0 radical (unpaired) electrons. The fourth-order valence-electron chi connectivity index (χ4n) is 7.14. The minimum Gasteiger partial charge on any atom is -0.457 e. The number of carbonyl (C=O) groups is 1. The number of carbonyl (C=O) groups excluding carboxylic acids is 1. The highest BCUT2D eigenvalue weighted by molar-refractivity contribution is 5.69. The number of ether oxygens (including phenoxy) is 6. The molecule has 0 aromatic heterocycles. The Labute approximate surface area is 354 Å². The van der Waals surface area contributed by atoms with Crippen LogP contribution in [-0.4, -0.2) is 142 Å². The van der Waals surface area contributed by atoms with Crippen LogP contribution >= 0.6 is 0 Å². The smallest absolute Gasteiger partial charge is 0.306 e. The summed E-state index contributed by atoms with van der Waals surface area (Å²) in [7, 11) is 0. The van der Waals surface area contributed by atoms with Gasteiger partial charge in [-0.15, -0.1) is 0 Å². The SMILES string of the molecule is CCCCCC/C=C\C/C=C\CCCCCCCC(=O)OC(COCCCCCCCCCCC)COC1OC(COC2OC(CO)C(O)C(O)C2O)C(O)C(O)C1O. The lowest BCUT2D eigenvalue weighted by atomic mass is 9.98. The quantitative estimate of drug-likeness (QED) is 0.0246. The lowest BCUT2D eigenvalue weighted by molar-refractivity contribution is -0.332. The molecule has 0 aromatic carbocycles. The van der Waals surface area contributed by atoms with Crippen molar-refractivity contribution < 1.29 is 69.0 Å². The third-order valence-corrected chi connectivity index (χ3v) is 11.0. The largest absolute Gasteiger partial charge is 0.457 e. The second-order valence-corrected chi connectivity index (χ2v) is 16.2. The molecule has 0 aliphatic carbocycles. The summed E-state index contributed by atoms with van der Waals surface area (Å²) >= 11 is 0. The summed E-state index contributed by atoms with van der Waals surface area (Å²) in [6.07, 6.45) is 16.8. The van der Waals surface area contributed by atoms with Crippen LogP contribution in [0.3, 0.4) is 0 Å². The second kappa shape index (κ2) is 34.0. The predicted octanol–water partition coefficient (Wildman–Crippen LogP) is 5.29. The summed E-state index contributed by atoms with van der Waals surface area (Å²) in [5.74, 6) is -0.391. The third kappa shape index (κ3) is 22.9. The van der Waals surface area contributed by atoms with Gasteiger partial charge in [0.15, 0.2) is 12.6 Å². The summed E-state index contributed by atoms with van der Waals surface area (Å²) < 4.78 is 34.1. The molecule has 14 nitrogen and oxygen atoms in total. The van der Waals surface area contributed by atoms with Crippen LogP contribution in [0.4, 0.5) is 0 Å². The van der Waals surface area contributed by atoms with E-state index in [9.17, 15) is 40.5 Å². The van der Waals surface area contributed by atoms with Gasteiger partial charge in [0, 0.05) is 13.0 Å². The maximum absolute atomic E-state index is 12.9. The van der Waals surface area contributed by atoms with Crippen molar-refractivity contribution in [2.45, 2.75) is 223 Å². The summed E-state index contributed by atoms with van der Waals surface area (Å²) in [5.41, 5.74) is 0. The zero-order chi connectivity index (χ0) is 43.1. The van der Waals surface area contributed by atoms with Gasteiger partial charge in [0.05, 0.1) is 26.4 Å². The minimum atomic E-state index is -1.70. The van der Waals surface area contributed by atoms with Crippen molar-refractivity contribution >= 4 is 5.97 Å². The maximum atomic E-state index is 12.9. The van der Waals surface area contributed by atoms with Gasteiger partial charge in [0.2, 0.25) is 0 Å². The van der Waals surface area contributed by atoms with Crippen LogP contribution in [0, 0.1) is 0 Å². The molecule has 2 aliphatic rings. The zero-order valence-electron chi connectivity index (χ0n) is 36.2. The van der Waals surface area contributed by atoms with E-state index in [-0.39, 0.29) is 19.6 Å². The van der Waals surface area contributed by atoms with Crippen LogP contribution in [0.15, 0.2) is 24.3 Å². The van der Waals surface area contributed by atoms with Gasteiger partial charge in [-0.1, -0.05) is 128 Å². The van der Waals surface area contributed by atoms with E-state index in [2.05, 4.69) is 38.2 Å². The molecule has 14 heteroatoms. The molecule has 0 amide bonds. The Hall–Kier alpha value is -1.53. The molecule has 0 saturated carbocycles. The summed E-state index contributed by atoms with van der Waals surface area (Å²) in [4.78, 5) is 12.9. The molecule has 2 fully saturated rings. The molecular formula is C45H82O14. The fourth-order valence-corrected chi connectivity index (χ4v) is 7.14. The molecule has 2 heterocycles. The Balaban J connectivity index is 1.81. The highest BCUT2D eigenvalue weighted by Gasteiger charge is 2.47. The van der Waals surface area contributed by atoms with Crippen LogP contribution in [0.1, 0.15) is 155 Å². The number of allylic oxidation sites excluding steroid dienone is 4. The summed E-state index contributed by atoms with van der Waals surface area (Å²) in [6, 6.07) is 0. The lowest BCUT2D eigenvalue weighted by Crippen LogP contribution is -2.61. The first-order valence-corrected chi connectivity index (χ1v) is 22.9. The summed E-state index contributed by atoms with van der Waals surface area (Å²) in [5, 5.41) is 71.8. The number of hydrogen-bond acceptors (Lipinski definition) is 14. The van der Waals surface area contributed by atoms with E-state index in [1.54, 1.807) is 0 Å². The number of aliphatic hydroxyl groups is 7. The molecule has 2 saturated heterocycles. The number of aliphatic hydroxyl groups excluding tert-OH is 7. The lowest BCUT2D eigenvalue weighted by Gasteiger charge is -2.42. The zero-order valence-corrected chi connectivity index (χ0v) is 36.2. The monoisotopic (exact) mass is 847 g/mol. The molecule has 2 rings (SSSR count). The van der Waals surface area contributed by atoms with Gasteiger partial charge in [-0.3, -0.25) is 4.79 Å². The third-order valence-electron chi connectivity index (χ3n) is 11.0. The van der Waals surface area contributed by atoms with Gasteiger partial charge in [-0.05, 0) is 44.9 Å². The number of hydrogen-bond donors (Lipinski definition) is 7. The van der Waals surface area contributed by atoms with Crippen LogP contribution in [0.2, 0.25) is 0 Å². The molecule has 2 aliphatic heterocycles. The number of rotatable bonds is 35. The summed E-state index contributed by atoms with van der Waals surface area (Å²) in [6.45, 7) is 3.62. The molecule has 346 valence electrons. The fraction of sp³-hybridized carbons (Fsp3) is 0.889. The van der Waals surface area contributed by atoms with E-state index in [1.165, 1.54) is 64.2 Å². The van der Waals surface area contributed by atoms with Crippen LogP contribution in [0.25, 0.3) is 0 Å². The number of esters is 1. The molecule has 0 spiro atoms. The highest BCUT2D eigenvalue weighted by atomic mass is 16.7. The van der Waals surface area contributed by atoms with Gasteiger partial charge in [-0.2, -0.15) is 0 Å². The molecule has 11 unspecified atom stereocenters. The highest BCUT2D eigenvalue weighted by Crippen LogP contribution is 2.26. The average Bonchev–Trinajstić information content (AvgIpc) is 3.23. The molecule has 0 bridgehead atoms. The van der Waals surface area contributed by atoms with E-state index in [0.717, 1.165) is 64.2 Å². The Morgan fingerprint density at radius 2 is 1.05 bits per heavy atom. The van der Waals surface area contributed by atoms with Gasteiger partial charge in [0.25, 0.3) is 0 Å². The van der Waals surface area contributed by atoms with Crippen LogP contribution in [-0.2, 0) is 33.2 Å². The van der Waals surface area contributed by atoms with E-state index in [4.69, 9.17) is 28.4 Å². The van der Waals surface area contributed by atoms with Crippen molar-refractivity contribution in [3.63, 3.8) is 0 Å². The van der Waals surface area contributed by atoms with Crippen LogP contribution in [0.5, 0.6) is 0 Å². The topological polar surface area (TPSA) is 214 Å². The molecule has 11 atom stereocenters. The van der Waals surface area contributed by atoms with E-state index in [1.807, 2.05) is 0 Å². The molecule has 7 N–H and O–H groups in total. The minimum absolute atomic E-state index is 0.0582. The molecule has 59 heavy (non-hydrogen) atoms. The second-order valence-electron chi connectivity index (χ2n) is 16.2. The molecular weight excluding hydrogens is 764 g/mol. The Morgan fingerprint density at radius 1 is 0.559 bits per heavy atom. The van der Waals surface area contributed by atoms with E-state index in [0.29, 0.717) is 13.0 Å². The van der Waals surface area contributed by atoms with Crippen molar-refractivity contribution in [2.24, 2.45) is 0 Å². The van der Waals surface area contributed by atoms with E-state index < -0.39 is 86.7 Å². The van der Waals surface area contributed by atoms with Gasteiger partial charge < -0.3 is 64.2 Å². The van der Waals surface area contributed by atoms with Crippen molar-refractivity contribution in [2.75, 3.05) is 33.0 Å². The Morgan fingerprint density at radius 3 is 1.64 bits per heavy atom. The predicted molar refractivity (Wildman–Crippen MR) is 224 cm³/mol. The van der Waals surface area contributed by atoms with Gasteiger partial charge >= 0.3 is 5.97 Å². The Kier molecular flexibility index (Phi) is 30.9. The van der Waals surface area contributed by atoms with Gasteiger partial charge in [-0.25, -0.2) is 0 Å². The Bertz CT molecular complexity index is 1080. The first kappa shape index (κ1) is 53.6. The first-order valence-electron chi connectivity index (χ1n) is 22.9. The normalized spacial score (nSPS) is 28.2.